The van der Waals surface area contributed by atoms with Crippen LogP contribution in [-0.2, 0) is 0 Å². The minimum Gasteiger partial charge on any atom is -0.369 e. The van der Waals surface area contributed by atoms with E-state index in [2.05, 4.69) is 78.4 Å². The van der Waals surface area contributed by atoms with Gasteiger partial charge in [0.25, 0.3) is 5.91 Å². The predicted molar refractivity (Wildman–Crippen MR) is 160 cm³/mol. The van der Waals surface area contributed by atoms with Crippen LogP contribution >= 0.6 is 11.8 Å². The minimum absolute atomic E-state index is 0.0217. The molecule has 0 aromatic heterocycles. The van der Waals surface area contributed by atoms with Gasteiger partial charge in [-0.15, -0.1) is 0 Å². The Hall–Kier alpha value is -3.09. The number of fused-ring (bicyclic) bond motifs is 2. The Kier molecular flexibility index (Phi) is 8.50. The molecular weight excluding hydrogens is 488 g/mol. The van der Waals surface area contributed by atoms with Crippen LogP contribution < -0.4 is 10.2 Å². The van der Waals surface area contributed by atoms with Crippen LogP contribution in [0.3, 0.4) is 0 Å². The fourth-order valence-electron chi connectivity index (χ4n) is 5.26. The molecule has 5 nitrogen and oxygen atoms in total. The Labute approximate surface area is 231 Å². The van der Waals surface area contributed by atoms with Gasteiger partial charge in [0, 0.05) is 65.0 Å². The van der Waals surface area contributed by atoms with Crippen LogP contribution in [0.5, 0.6) is 0 Å². The molecule has 198 valence electrons. The second-order valence-corrected chi connectivity index (χ2v) is 11.4. The van der Waals surface area contributed by atoms with Crippen molar-refractivity contribution < 1.29 is 4.79 Å². The second-order valence-electron chi connectivity index (χ2n) is 10.3. The third-order valence-electron chi connectivity index (χ3n) is 7.40. The van der Waals surface area contributed by atoms with E-state index in [-0.39, 0.29) is 5.91 Å². The Morgan fingerprint density at radius 3 is 2.61 bits per heavy atom. The molecule has 0 aliphatic carbocycles. The summed E-state index contributed by atoms with van der Waals surface area (Å²) in [6, 6.07) is 21.1. The predicted octanol–water partition coefficient (Wildman–Crippen LogP) is 6.63. The summed E-state index contributed by atoms with van der Waals surface area (Å²) in [5.74, 6) is -0.0217. The molecule has 6 heteroatoms. The lowest BCUT2D eigenvalue weighted by atomic mass is 10.1. The molecule has 3 aromatic rings. The molecule has 38 heavy (non-hydrogen) atoms. The summed E-state index contributed by atoms with van der Waals surface area (Å²) in [5.41, 5.74) is 7.91. The van der Waals surface area contributed by atoms with Gasteiger partial charge in [0.1, 0.15) is 0 Å². The van der Waals surface area contributed by atoms with E-state index in [9.17, 15) is 4.79 Å². The van der Waals surface area contributed by atoms with Crippen molar-refractivity contribution in [1.82, 2.24) is 10.2 Å². The zero-order valence-corrected chi connectivity index (χ0v) is 23.6. The molecule has 0 spiro atoms. The van der Waals surface area contributed by atoms with Gasteiger partial charge in [-0.25, -0.2) is 0 Å². The number of hydrogen-bond donors (Lipinski definition) is 1. The smallest absolute Gasteiger partial charge is 0.251 e. The first-order valence-electron chi connectivity index (χ1n) is 13.8. The van der Waals surface area contributed by atoms with Gasteiger partial charge in [0.2, 0.25) is 0 Å². The number of rotatable bonds is 8. The van der Waals surface area contributed by atoms with Gasteiger partial charge < -0.3 is 10.2 Å². The van der Waals surface area contributed by atoms with Crippen molar-refractivity contribution in [3.63, 3.8) is 0 Å². The molecule has 1 N–H and O–H groups in total. The summed E-state index contributed by atoms with van der Waals surface area (Å²) in [6.45, 7) is 12.4. The van der Waals surface area contributed by atoms with Crippen LogP contribution in [0.25, 0.3) is 0 Å². The largest absolute Gasteiger partial charge is 0.369 e. The fraction of sp³-hybridized carbons (Fsp3) is 0.375. The molecule has 0 saturated carbocycles. The molecule has 0 bridgehead atoms. The number of nitrogens with zero attached hydrogens (tertiary/aromatic N) is 3. The molecular formula is C32H38N4OS. The summed E-state index contributed by atoms with van der Waals surface area (Å²) in [4.78, 5) is 25.3. The Bertz CT molecular complexity index is 1330. The second kappa shape index (κ2) is 12.2. The lowest BCUT2D eigenvalue weighted by Gasteiger charge is -2.37. The molecule has 0 unspecified atom stereocenters. The monoisotopic (exact) mass is 526 g/mol. The average Bonchev–Trinajstić information content (AvgIpc) is 3.09. The number of benzene rings is 3. The summed E-state index contributed by atoms with van der Waals surface area (Å²) in [6.07, 6.45) is 2.91. The highest BCUT2D eigenvalue weighted by atomic mass is 32.2. The first-order valence-corrected chi connectivity index (χ1v) is 14.6. The Morgan fingerprint density at radius 1 is 0.974 bits per heavy atom. The number of anilines is 1. The van der Waals surface area contributed by atoms with Crippen molar-refractivity contribution in [2.45, 2.75) is 49.8 Å². The maximum atomic E-state index is 13.0. The number of piperazine rings is 1. The van der Waals surface area contributed by atoms with Crippen LogP contribution in [0, 0.1) is 13.8 Å². The molecule has 2 aliphatic rings. The van der Waals surface area contributed by atoms with Crippen LogP contribution in [0.1, 0.15) is 53.2 Å². The molecule has 2 heterocycles. The zero-order chi connectivity index (χ0) is 26.5. The van der Waals surface area contributed by atoms with Crippen LogP contribution in [0.15, 0.2) is 75.4 Å². The maximum absolute atomic E-state index is 13.0. The van der Waals surface area contributed by atoms with Crippen LogP contribution in [-0.4, -0.2) is 55.8 Å². The van der Waals surface area contributed by atoms with Crippen molar-refractivity contribution in [3.05, 3.63) is 82.9 Å². The maximum Gasteiger partial charge on any atom is 0.251 e. The number of hydrogen-bond acceptors (Lipinski definition) is 5. The van der Waals surface area contributed by atoms with E-state index in [1.807, 2.05) is 18.2 Å². The number of aliphatic imine (C=N–C) groups is 1. The summed E-state index contributed by atoms with van der Waals surface area (Å²) in [7, 11) is 0. The quantitative estimate of drug-likeness (QED) is 0.335. The van der Waals surface area contributed by atoms with Gasteiger partial charge >= 0.3 is 0 Å². The molecule has 0 radical (unpaired) electrons. The van der Waals surface area contributed by atoms with E-state index in [0.29, 0.717) is 12.1 Å². The molecule has 3 aromatic carbocycles. The molecule has 2 aliphatic heterocycles. The summed E-state index contributed by atoms with van der Waals surface area (Å²) < 4.78 is 0. The Morgan fingerprint density at radius 2 is 1.79 bits per heavy atom. The van der Waals surface area contributed by atoms with Gasteiger partial charge in [-0.2, -0.15) is 0 Å². The average molecular weight is 527 g/mol. The fourth-order valence-corrected chi connectivity index (χ4v) is 6.28. The summed E-state index contributed by atoms with van der Waals surface area (Å²) in [5, 5.41) is 3.13. The van der Waals surface area contributed by atoms with E-state index >= 15 is 0 Å². The topological polar surface area (TPSA) is 47.9 Å². The lowest BCUT2D eigenvalue weighted by molar-refractivity contribution is 0.0951. The molecule has 1 saturated heterocycles. The highest BCUT2D eigenvalue weighted by molar-refractivity contribution is 7.99. The van der Waals surface area contributed by atoms with Crippen molar-refractivity contribution >= 4 is 34.8 Å². The lowest BCUT2D eigenvalue weighted by Crippen LogP contribution is -2.47. The summed E-state index contributed by atoms with van der Waals surface area (Å²) >= 11 is 1.74. The number of carbonyl (C=O) groups excluding carboxylic acids is 1. The van der Waals surface area contributed by atoms with Crippen molar-refractivity contribution in [3.8, 4) is 0 Å². The first kappa shape index (κ1) is 26.5. The van der Waals surface area contributed by atoms with E-state index < -0.39 is 0 Å². The third-order valence-corrected chi connectivity index (χ3v) is 8.54. The van der Waals surface area contributed by atoms with Crippen molar-refractivity contribution in [2.24, 2.45) is 4.99 Å². The third kappa shape index (κ3) is 6.13. The highest BCUT2D eigenvalue weighted by Gasteiger charge is 2.20. The minimum atomic E-state index is -0.0217. The normalized spacial score (nSPS) is 15.3. The van der Waals surface area contributed by atoms with E-state index in [1.54, 1.807) is 11.8 Å². The van der Waals surface area contributed by atoms with Gasteiger partial charge in [0.15, 0.2) is 0 Å². The zero-order valence-electron chi connectivity index (χ0n) is 22.8. The SMILES string of the molecule is CCCC1=Nc2cc(C(=O)NCCCN3CCN(c4cc(C)ccc4C)CC3)ccc2Sc2ccccc21. The molecule has 1 amide bonds. The number of aryl methyl sites for hydroxylation is 2. The highest BCUT2D eigenvalue weighted by Crippen LogP contribution is 2.41. The molecule has 5 rings (SSSR count). The van der Waals surface area contributed by atoms with Gasteiger partial charge in [0.05, 0.1) is 5.69 Å². The number of amides is 1. The molecule has 1 fully saturated rings. The van der Waals surface area contributed by atoms with Crippen LogP contribution in [0.4, 0.5) is 11.4 Å². The number of carbonyl (C=O) groups is 1. The standard InChI is InChI=1S/C32H38N4OS/c1-4-8-27-26-9-5-6-10-30(26)38-31-14-13-25(22-28(31)34-27)32(37)33-15-7-16-35-17-19-36(20-18-35)29-21-23(2)11-12-24(29)3/h5-6,9-14,21-22H,4,7-8,15-20H2,1-3H3,(H,33,37). The number of nitrogens with one attached hydrogen (secondary N) is 1. The van der Waals surface area contributed by atoms with E-state index in [1.165, 1.54) is 27.3 Å². The van der Waals surface area contributed by atoms with Crippen LogP contribution in [0.2, 0.25) is 0 Å². The van der Waals surface area contributed by atoms with Crippen molar-refractivity contribution in [1.29, 1.82) is 0 Å². The van der Waals surface area contributed by atoms with Gasteiger partial charge in [-0.05, 0) is 74.7 Å². The van der Waals surface area contributed by atoms with E-state index in [4.69, 9.17) is 4.99 Å². The van der Waals surface area contributed by atoms with Crippen molar-refractivity contribution in [2.75, 3.05) is 44.2 Å². The van der Waals surface area contributed by atoms with E-state index in [0.717, 1.165) is 68.3 Å². The van der Waals surface area contributed by atoms with Gasteiger partial charge in [-0.3, -0.25) is 14.7 Å². The molecule has 0 atom stereocenters. The Balaban J connectivity index is 1.13. The first-order chi connectivity index (χ1) is 18.5. The van der Waals surface area contributed by atoms with Gasteiger partial charge in [-0.1, -0.05) is 55.4 Å².